The molecule has 1 N–H and O–H groups in total. The number of hydrogen-bond acceptors (Lipinski definition) is 6. The minimum Gasteiger partial charge on any atom is -0.497 e. The summed E-state index contributed by atoms with van der Waals surface area (Å²) in [6, 6.07) is 15.5. The lowest BCUT2D eigenvalue weighted by molar-refractivity contribution is -0.124. The van der Waals surface area contributed by atoms with E-state index in [-0.39, 0.29) is 19.8 Å². The van der Waals surface area contributed by atoms with Gasteiger partial charge in [0, 0.05) is 18.3 Å². The number of urea groups is 1. The Labute approximate surface area is 206 Å². The highest BCUT2D eigenvalue weighted by molar-refractivity contribution is 6.22. The third-order valence-corrected chi connectivity index (χ3v) is 5.93. The summed E-state index contributed by atoms with van der Waals surface area (Å²) in [5.74, 6) is 0.150. The van der Waals surface area contributed by atoms with Crippen LogP contribution in [0.25, 0.3) is 0 Å². The Balaban J connectivity index is 1.42. The molecule has 0 aromatic heterocycles. The minimum atomic E-state index is -1.06. The molecule has 2 aliphatic heterocycles. The summed E-state index contributed by atoms with van der Waals surface area (Å²) in [5, 5.41) is 2.65. The molecule has 4 amide bonds. The Morgan fingerprint density at radius 3 is 2.61 bits per heavy atom. The molecule has 0 spiro atoms. The largest absolute Gasteiger partial charge is 0.497 e. The molecule has 9 nitrogen and oxygen atoms in total. The first-order valence-corrected chi connectivity index (χ1v) is 11.2. The van der Waals surface area contributed by atoms with E-state index >= 15 is 0 Å². The number of carbonyl (C=O) groups excluding carboxylic acids is 3. The molecule has 5 rings (SSSR count). The molecule has 1 saturated heterocycles. The van der Waals surface area contributed by atoms with Crippen LogP contribution in [0.5, 0.6) is 17.2 Å². The number of nitrogens with zero attached hydrogens (tertiary/aromatic N) is 2. The predicted molar refractivity (Wildman–Crippen MR) is 127 cm³/mol. The molecule has 2 heterocycles. The monoisotopic (exact) mass is 491 g/mol. The number of carbonyl (C=O) groups is 3. The smallest absolute Gasteiger partial charge is 0.332 e. The number of halogens is 1. The average molecular weight is 491 g/mol. The number of methoxy groups -OCH3 is 1. The first-order valence-electron chi connectivity index (χ1n) is 11.2. The van der Waals surface area contributed by atoms with Gasteiger partial charge in [-0.3, -0.25) is 9.59 Å². The van der Waals surface area contributed by atoms with Gasteiger partial charge in [0.2, 0.25) is 12.7 Å². The second-order valence-corrected chi connectivity index (χ2v) is 8.25. The van der Waals surface area contributed by atoms with Crippen LogP contribution in [-0.2, 0) is 16.1 Å². The van der Waals surface area contributed by atoms with Gasteiger partial charge in [0.05, 0.1) is 19.2 Å². The summed E-state index contributed by atoms with van der Waals surface area (Å²) in [6.07, 6.45) is -0.285. The van der Waals surface area contributed by atoms with Gasteiger partial charge in [-0.15, -0.1) is 0 Å². The number of rotatable bonds is 7. The van der Waals surface area contributed by atoms with E-state index in [0.717, 1.165) is 4.90 Å². The van der Waals surface area contributed by atoms with Gasteiger partial charge in [-0.25, -0.2) is 14.1 Å². The molecule has 0 saturated carbocycles. The number of hydrogen-bond donors (Lipinski definition) is 1. The molecule has 3 aromatic carbocycles. The highest BCUT2D eigenvalue weighted by atomic mass is 19.1. The molecule has 0 bridgehead atoms. The predicted octanol–water partition coefficient (Wildman–Crippen LogP) is 3.93. The summed E-state index contributed by atoms with van der Waals surface area (Å²) in [5.41, 5.74) is 1.42. The van der Waals surface area contributed by atoms with E-state index in [1.165, 1.54) is 36.3 Å². The number of amides is 4. The third kappa shape index (κ3) is 4.52. The van der Waals surface area contributed by atoms with Crippen molar-refractivity contribution in [2.24, 2.45) is 0 Å². The maximum absolute atomic E-state index is 13.5. The molecule has 0 radical (unpaired) electrons. The van der Waals surface area contributed by atoms with E-state index in [2.05, 4.69) is 5.32 Å². The third-order valence-electron chi connectivity index (χ3n) is 5.93. The van der Waals surface area contributed by atoms with Crippen molar-refractivity contribution in [2.75, 3.05) is 24.1 Å². The maximum Gasteiger partial charge on any atom is 0.332 e. The normalized spacial score (nSPS) is 16.4. The lowest BCUT2D eigenvalue weighted by Gasteiger charge is -2.22. The van der Waals surface area contributed by atoms with Crippen molar-refractivity contribution in [3.8, 4) is 17.2 Å². The Morgan fingerprint density at radius 1 is 1.06 bits per heavy atom. The average Bonchev–Trinajstić information content (AvgIpc) is 3.43. The molecule has 3 aromatic rings. The Morgan fingerprint density at radius 2 is 1.83 bits per heavy atom. The summed E-state index contributed by atoms with van der Waals surface area (Å²) >= 11 is 0. The van der Waals surface area contributed by atoms with Crippen molar-refractivity contribution in [3.63, 3.8) is 0 Å². The van der Waals surface area contributed by atoms with Gasteiger partial charge in [-0.2, -0.15) is 0 Å². The standard InChI is InChI=1S/C26H22FN3O6/c1-34-20-4-2-3-19(12-20)30-25(32)21(13-24(31)28-18-8-6-17(27)7-9-18)29(26(30)33)14-16-5-10-22-23(11-16)36-15-35-22/h2-12,21H,13-15H2,1H3,(H,28,31)/t21-/m1/s1. The second kappa shape index (κ2) is 9.57. The molecule has 2 aliphatic rings. The summed E-state index contributed by atoms with van der Waals surface area (Å²) in [6.45, 7) is 0.173. The van der Waals surface area contributed by atoms with Crippen LogP contribution in [0.1, 0.15) is 12.0 Å². The SMILES string of the molecule is COc1cccc(N2C(=O)[C@@H](CC(=O)Nc3ccc(F)cc3)N(Cc3ccc4c(c3)OCO4)C2=O)c1. The topological polar surface area (TPSA) is 97.4 Å². The lowest BCUT2D eigenvalue weighted by atomic mass is 10.1. The van der Waals surface area contributed by atoms with Gasteiger partial charge in [-0.05, 0) is 54.1 Å². The summed E-state index contributed by atoms with van der Waals surface area (Å²) in [7, 11) is 1.49. The van der Waals surface area contributed by atoms with E-state index in [0.29, 0.717) is 34.2 Å². The number of ether oxygens (including phenoxy) is 3. The van der Waals surface area contributed by atoms with Gasteiger partial charge in [0.25, 0.3) is 5.91 Å². The molecule has 1 atom stereocenters. The zero-order valence-corrected chi connectivity index (χ0v) is 19.3. The van der Waals surface area contributed by atoms with E-state index < -0.39 is 29.7 Å². The molecular formula is C26H22FN3O6. The van der Waals surface area contributed by atoms with Crippen LogP contribution in [0.4, 0.5) is 20.6 Å². The fourth-order valence-corrected chi connectivity index (χ4v) is 4.16. The van der Waals surface area contributed by atoms with Crippen molar-refractivity contribution >= 4 is 29.2 Å². The number of benzene rings is 3. The Bertz CT molecular complexity index is 1330. The molecule has 0 unspecified atom stereocenters. The van der Waals surface area contributed by atoms with Crippen molar-refractivity contribution in [2.45, 2.75) is 19.0 Å². The zero-order valence-electron chi connectivity index (χ0n) is 19.3. The minimum absolute atomic E-state index is 0.0657. The molecule has 10 heteroatoms. The number of anilines is 2. The Kier molecular flexibility index (Phi) is 6.16. The Hall–Kier alpha value is -4.60. The zero-order chi connectivity index (χ0) is 25.2. The van der Waals surface area contributed by atoms with Crippen LogP contribution in [0.2, 0.25) is 0 Å². The number of imide groups is 1. The molecule has 0 aliphatic carbocycles. The van der Waals surface area contributed by atoms with Gasteiger partial charge in [0.15, 0.2) is 11.5 Å². The second-order valence-electron chi connectivity index (χ2n) is 8.25. The fraction of sp³-hybridized carbons (Fsp3) is 0.192. The summed E-state index contributed by atoms with van der Waals surface area (Å²) in [4.78, 5) is 42.2. The fourth-order valence-electron chi connectivity index (χ4n) is 4.16. The van der Waals surface area contributed by atoms with Gasteiger partial charge < -0.3 is 24.4 Å². The van der Waals surface area contributed by atoms with Gasteiger partial charge >= 0.3 is 6.03 Å². The van der Waals surface area contributed by atoms with Crippen molar-refractivity contribution in [3.05, 3.63) is 78.1 Å². The highest BCUT2D eigenvalue weighted by Gasteiger charge is 2.46. The van der Waals surface area contributed by atoms with Crippen LogP contribution < -0.4 is 24.4 Å². The number of nitrogens with one attached hydrogen (secondary N) is 1. The number of fused-ring (bicyclic) bond motifs is 1. The molecule has 184 valence electrons. The highest BCUT2D eigenvalue weighted by Crippen LogP contribution is 2.35. The van der Waals surface area contributed by atoms with Crippen LogP contribution >= 0.6 is 0 Å². The van der Waals surface area contributed by atoms with Crippen LogP contribution in [0, 0.1) is 5.82 Å². The molecule has 36 heavy (non-hydrogen) atoms. The molecule has 1 fully saturated rings. The van der Waals surface area contributed by atoms with Gasteiger partial charge in [-0.1, -0.05) is 12.1 Å². The lowest BCUT2D eigenvalue weighted by Crippen LogP contribution is -2.37. The van der Waals surface area contributed by atoms with E-state index in [4.69, 9.17) is 14.2 Å². The quantitative estimate of drug-likeness (QED) is 0.503. The first-order chi connectivity index (χ1) is 17.4. The maximum atomic E-state index is 13.5. The van der Waals surface area contributed by atoms with Gasteiger partial charge in [0.1, 0.15) is 17.6 Å². The van der Waals surface area contributed by atoms with Crippen LogP contribution in [0.3, 0.4) is 0 Å². The summed E-state index contributed by atoms with van der Waals surface area (Å²) < 4.78 is 29.2. The molecular weight excluding hydrogens is 469 g/mol. The van der Waals surface area contributed by atoms with E-state index in [9.17, 15) is 18.8 Å². The van der Waals surface area contributed by atoms with Crippen LogP contribution in [-0.4, -0.2) is 42.7 Å². The van der Waals surface area contributed by atoms with Crippen LogP contribution in [0.15, 0.2) is 66.7 Å². The van der Waals surface area contributed by atoms with Crippen molar-refractivity contribution in [1.29, 1.82) is 0 Å². The van der Waals surface area contributed by atoms with Crippen molar-refractivity contribution < 1.29 is 33.0 Å². The van der Waals surface area contributed by atoms with Crippen molar-refractivity contribution in [1.82, 2.24) is 4.90 Å². The van der Waals surface area contributed by atoms with E-state index in [1.54, 1.807) is 42.5 Å². The first kappa shape index (κ1) is 23.2. The van der Waals surface area contributed by atoms with E-state index in [1.807, 2.05) is 0 Å².